The van der Waals surface area contributed by atoms with Gasteiger partial charge in [-0.15, -0.1) is 11.3 Å². The summed E-state index contributed by atoms with van der Waals surface area (Å²) in [5, 5.41) is 2.85. The van der Waals surface area contributed by atoms with E-state index in [1.807, 2.05) is 23.0 Å². The molecular formula is C14H19ClN4S. The van der Waals surface area contributed by atoms with Crippen molar-refractivity contribution in [1.82, 2.24) is 19.4 Å². The lowest BCUT2D eigenvalue weighted by atomic mass is 10.3. The quantitative estimate of drug-likeness (QED) is 0.867. The number of nitrogens with zero attached hydrogens (tertiary/aromatic N) is 4. The zero-order valence-corrected chi connectivity index (χ0v) is 13.2. The number of halogens is 1. The average Bonchev–Trinajstić information content (AvgIpc) is 3.06. The largest absolute Gasteiger partial charge is 0.321 e. The van der Waals surface area contributed by atoms with Gasteiger partial charge in [-0.3, -0.25) is 9.80 Å². The Morgan fingerprint density at radius 1 is 1.20 bits per heavy atom. The first-order valence-electron chi connectivity index (χ1n) is 6.85. The molecule has 2 aromatic rings. The lowest BCUT2D eigenvalue weighted by molar-refractivity contribution is 0.120. The molecule has 0 amide bonds. The van der Waals surface area contributed by atoms with Crippen LogP contribution in [0.5, 0.6) is 0 Å². The summed E-state index contributed by atoms with van der Waals surface area (Å²) in [5.41, 5.74) is 0. The van der Waals surface area contributed by atoms with Gasteiger partial charge in [0.25, 0.3) is 0 Å². The molecular weight excluding hydrogens is 292 g/mol. The summed E-state index contributed by atoms with van der Waals surface area (Å²) in [6.45, 7) is 6.40. The second kappa shape index (κ2) is 6.26. The van der Waals surface area contributed by atoms with Crippen molar-refractivity contribution in [2.24, 2.45) is 7.05 Å². The number of thiophene rings is 1. The summed E-state index contributed by atoms with van der Waals surface area (Å²) >= 11 is 7.87. The van der Waals surface area contributed by atoms with Crippen molar-refractivity contribution in [3.8, 4) is 0 Å². The molecule has 0 unspecified atom stereocenters. The van der Waals surface area contributed by atoms with Crippen LogP contribution in [0, 0.1) is 0 Å². The van der Waals surface area contributed by atoms with Gasteiger partial charge in [0.05, 0.1) is 12.7 Å². The van der Waals surface area contributed by atoms with E-state index in [0.717, 1.165) is 45.1 Å². The van der Waals surface area contributed by atoms with Gasteiger partial charge in [-0.05, 0) is 11.4 Å². The van der Waals surface area contributed by atoms with Crippen molar-refractivity contribution in [3.05, 3.63) is 39.6 Å². The number of hydrogen-bond donors (Lipinski definition) is 0. The summed E-state index contributed by atoms with van der Waals surface area (Å²) in [6.07, 6.45) is 1.73. The van der Waals surface area contributed by atoms with Crippen LogP contribution in [-0.4, -0.2) is 45.5 Å². The SMILES string of the molecule is Cn1c(Cl)cnc1CN1CCN(Cc2cccs2)CC1. The third-order valence-corrected chi connectivity index (χ3v) is 5.03. The van der Waals surface area contributed by atoms with E-state index in [1.165, 1.54) is 4.88 Å². The van der Waals surface area contributed by atoms with E-state index in [0.29, 0.717) is 5.15 Å². The minimum atomic E-state index is 0.705. The number of aromatic nitrogens is 2. The maximum absolute atomic E-state index is 6.02. The standard InChI is InChI=1S/C14H19ClN4S/c1-17-13(15)9-16-14(17)11-19-6-4-18(5-7-19)10-12-3-2-8-20-12/h2-3,8-9H,4-7,10-11H2,1H3. The Labute approximate surface area is 128 Å². The number of imidazole rings is 1. The fourth-order valence-electron chi connectivity index (χ4n) is 2.50. The molecule has 0 radical (unpaired) electrons. The monoisotopic (exact) mass is 310 g/mol. The molecule has 3 rings (SSSR count). The molecule has 0 saturated carbocycles. The van der Waals surface area contributed by atoms with Crippen LogP contribution in [0.2, 0.25) is 5.15 Å². The lowest BCUT2D eigenvalue weighted by Crippen LogP contribution is -2.45. The van der Waals surface area contributed by atoms with Crippen molar-refractivity contribution in [3.63, 3.8) is 0 Å². The third kappa shape index (κ3) is 3.23. The second-order valence-corrected chi connectivity index (χ2v) is 6.61. The Balaban J connectivity index is 1.50. The molecule has 1 aliphatic rings. The number of hydrogen-bond acceptors (Lipinski definition) is 4. The predicted octanol–water partition coefficient (Wildman–Crippen LogP) is 2.45. The summed E-state index contributed by atoms with van der Waals surface area (Å²) in [7, 11) is 1.97. The zero-order chi connectivity index (χ0) is 13.9. The van der Waals surface area contributed by atoms with E-state index in [1.54, 1.807) is 6.20 Å². The van der Waals surface area contributed by atoms with E-state index >= 15 is 0 Å². The molecule has 2 aromatic heterocycles. The van der Waals surface area contributed by atoms with Crippen LogP contribution in [0.25, 0.3) is 0 Å². The molecule has 0 aromatic carbocycles. The average molecular weight is 311 g/mol. The van der Waals surface area contributed by atoms with E-state index in [2.05, 4.69) is 32.3 Å². The van der Waals surface area contributed by atoms with Crippen LogP contribution in [0.3, 0.4) is 0 Å². The van der Waals surface area contributed by atoms with Gasteiger partial charge in [-0.2, -0.15) is 0 Å². The molecule has 4 nitrogen and oxygen atoms in total. The second-order valence-electron chi connectivity index (χ2n) is 5.19. The highest BCUT2D eigenvalue weighted by molar-refractivity contribution is 7.09. The Kier molecular flexibility index (Phi) is 4.41. The summed E-state index contributed by atoms with van der Waals surface area (Å²) in [6, 6.07) is 4.34. The van der Waals surface area contributed by atoms with Gasteiger partial charge in [0.2, 0.25) is 0 Å². The van der Waals surface area contributed by atoms with E-state index in [-0.39, 0.29) is 0 Å². The first-order chi connectivity index (χ1) is 9.72. The zero-order valence-electron chi connectivity index (χ0n) is 11.6. The van der Waals surface area contributed by atoms with Crippen molar-refractivity contribution in [1.29, 1.82) is 0 Å². The molecule has 1 fully saturated rings. The van der Waals surface area contributed by atoms with Gasteiger partial charge < -0.3 is 4.57 Å². The molecule has 0 bridgehead atoms. The van der Waals surface area contributed by atoms with Gasteiger partial charge in [-0.25, -0.2) is 4.98 Å². The molecule has 1 saturated heterocycles. The van der Waals surface area contributed by atoms with Gasteiger partial charge in [0.1, 0.15) is 11.0 Å². The minimum Gasteiger partial charge on any atom is -0.321 e. The molecule has 0 atom stereocenters. The van der Waals surface area contributed by atoms with Crippen LogP contribution in [-0.2, 0) is 20.1 Å². The first kappa shape index (κ1) is 14.1. The highest BCUT2D eigenvalue weighted by Crippen LogP contribution is 2.15. The highest BCUT2D eigenvalue weighted by Gasteiger charge is 2.18. The van der Waals surface area contributed by atoms with Gasteiger partial charge >= 0.3 is 0 Å². The number of rotatable bonds is 4. The first-order valence-corrected chi connectivity index (χ1v) is 8.11. The van der Waals surface area contributed by atoms with Gasteiger partial charge in [0, 0.05) is 44.6 Å². The summed E-state index contributed by atoms with van der Waals surface area (Å²) in [4.78, 5) is 10.8. The van der Waals surface area contributed by atoms with Crippen LogP contribution in [0.15, 0.2) is 23.7 Å². The molecule has 1 aliphatic heterocycles. The van der Waals surface area contributed by atoms with E-state index in [4.69, 9.17) is 11.6 Å². The fraction of sp³-hybridized carbons (Fsp3) is 0.500. The Morgan fingerprint density at radius 2 is 1.90 bits per heavy atom. The molecule has 0 spiro atoms. The van der Waals surface area contributed by atoms with Crippen LogP contribution >= 0.6 is 22.9 Å². The molecule has 6 heteroatoms. The van der Waals surface area contributed by atoms with Crippen molar-refractivity contribution >= 4 is 22.9 Å². The highest BCUT2D eigenvalue weighted by atomic mass is 35.5. The van der Waals surface area contributed by atoms with Crippen molar-refractivity contribution < 1.29 is 0 Å². The fourth-order valence-corrected chi connectivity index (χ4v) is 3.39. The summed E-state index contributed by atoms with van der Waals surface area (Å²) < 4.78 is 1.96. The molecule has 108 valence electrons. The Morgan fingerprint density at radius 3 is 2.45 bits per heavy atom. The Hall–Kier alpha value is -0.880. The van der Waals surface area contributed by atoms with Crippen LogP contribution in [0.4, 0.5) is 0 Å². The van der Waals surface area contributed by atoms with E-state index < -0.39 is 0 Å². The maximum atomic E-state index is 6.02. The minimum absolute atomic E-state index is 0.705. The number of piperazine rings is 1. The topological polar surface area (TPSA) is 24.3 Å². The van der Waals surface area contributed by atoms with Crippen molar-refractivity contribution in [2.45, 2.75) is 13.1 Å². The molecule has 3 heterocycles. The molecule has 0 N–H and O–H groups in total. The normalized spacial score (nSPS) is 17.7. The van der Waals surface area contributed by atoms with E-state index in [9.17, 15) is 0 Å². The third-order valence-electron chi connectivity index (χ3n) is 3.82. The maximum Gasteiger partial charge on any atom is 0.128 e. The molecule has 20 heavy (non-hydrogen) atoms. The van der Waals surface area contributed by atoms with Gasteiger partial charge in [0.15, 0.2) is 0 Å². The summed E-state index contributed by atoms with van der Waals surface area (Å²) in [5.74, 6) is 1.04. The predicted molar refractivity (Wildman–Crippen MR) is 83.1 cm³/mol. The Bertz CT molecular complexity index is 544. The van der Waals surface area contributed by atoms with Crippen LogP contribution < -0.4 is 0 Å². The smallest absolute Gasteiger partial charge is 0.128 e. The van der Waals surface area contributed by atoms with Crippen LogP contribution in [0.1, 0.15) is 10.7 Å². The lowest BCUT2D eigenvalue weighted by Gasteiger charge is -2.34. The van der Waals surface area contributed by atoms with Gasteiger partial charge in [-0.1, -0.05) is 17.7 Å². The molecule has 0 aliphatic carbocycles. The van der Waals surface area contributed by atoms with Crippen molar-refractivity contribution in [2.75, 3.05) is 26.2 Å².